The van der Waals surface area contributed by atoms with Gasteiger partial charge < -0.3 is 10.1 Å². The highest BCUT2D eigenvalue weighted by Crippen LogP contribution is 2.31. The monoisotopic (exact) mass is 282 g/mol. The molecule has 1 fully saturated rings. The van der Waals surface area contributed by atoms with Crippen LogP contribution in [0.25, 0.3) is 0 Å². The number of nitrogens with zero attached hydrogens (tertiary/aromatic N) is 1. The molecule has 0 bridgehead atoms. The Bertz CT molecular complexity index is 450. The van der Waals surface area contributed by atoms with Crippen LogP contribution in [0.5, 0.6) is 0 Å². The summed E-state index contributed by atoms with van der Waals surface area (Å²) in [7, 11) is 1.69. The Morgan fingerprint density at radius 2 is 2.16 bits per heavy atom. The number of nitrogens with one attached hydrogen (secondary N) is 1. The number of hydrogen-bond acceptors (Lipinski definition) is 4. The molecule has 0 saturated heterocycles. The Kier molecular flexibility index (Phi) is 4.58. The molecule has 0 unspecified atom stereocenters. The van der Waals surface area contributed by atoms with Crippen LogP contribution >= 0.6 is 11.3 Å². The molecule has 19 heavy (non-hydrogen) atoms. The second-order valence-corrected chi connectivity index (χ2v) is 6.44. The van der Waals surface area contributed by atoms with Crippen molar-refractivity contribution in [3.8, 4) is 0 Å². The van der Waals surface area contributed by atoms with Crippen LogP contribution in [0.1, 0.15) is 53.0 Å². The summed E-state index contributed by atoms with van der Waals surface area (Å²) in [6.45, 7) is 4.57. The van der Waals surface area contributed by atoms with E-state index in [1.165, 1.54) is 11.3 Å². The van der Waals surface area contributed by atoms with E-state index in [4.69, 9.17) is 4.74 Å². The van der Waals surface area contributed by atoms with Crippen LogP contribution in [0.15, 0.2) is 0 Å². The highest BCUT2D eigenvalue weighted by Gasteiger charge is 2.36. The van der Waals surface area contributed by atoms with Gasteiger partial charge in [0, 0.05) is 7.11 Å². The summed E-state index contributed by atoms with van der Waals surface area (Å²) in [4.78, 5) is 17.7. The highest BCUT2D eigenvalue weighted by atomic mass is 32.1. The lowest BCUT2D eigenvalue weighted by molar-refractivity contribution is 0.0770. The number of carbonyl (C=O) groups is 1. The zero-order valence-electron chi connectivity index (χ0n) is 11.9. The first-order valence-corrected chi connectivity index (χ1v) is 7.69. The summed E-state index contributed by atoms with van der Waals surface area (Å²) in [5.74, 6) is 0.0152. The van der Waals surface area contributed by atoms with Crippen molar-refractivity contribution in [2.24, 2.45) is 0 Å². The van der Waals surface area contributed by atoms with E-state index in [1.807, 2.05) is 13.8 Å². The fourth-order valence-corrected chi connectivity index (χ4v) is 3.72. The lowest BCUT2D eigenvalue weighted by atomic mass is 9.98. The van der Waals surface area contributed by atoms with Crippen LogP contribution in [-0.2, 0) is 11.2 Å². The molecular formula is C14H22N2O2S. The van der Waals surface area contributed by atoms with Crippen molar-refractivity contribution in [3.05, 3.63) is 15.6 Å². The number of thiazole rings is 1. The van der Waals surface area contributed by atoms with E-state index >= 15 is 0 Å². The zero-order chi connectivity index (χ0) is 13.9. The first kappa shape index (κ1) is 14.5. The van der Waals surface area contributed by atoms with E-state index < -0.39 is 0 Å². The minimum atomic E-state index is -0.172. The zero-order valence-corrected chi connectivity index (χ0v) is 12.7. The predicted octanol–water partition coefficient (Wildman–Crippen LogP) is 2.70. The van der Waals surface area contributed by atoms with Crippen LogP contribution < -0.4 is 5.32 Å². The van der Waals surface area contributed by atoms with Crippen molar-refractivity contribution < 1.29 is 9.53 Å². The molecule has 4 nitrogen and oxygen atoms in total. The van der Waals surface area contributed by atoms with E-state index in [1.54, 1.807) is 7.11 Å². The molecule has 2 rings (SSSR count). The van der Waals surface area contributed by atoms with Crippen LogP contribution in [0.2, 0.25) is 0 Å². The molecule has 106 valence electrons. The van der Waals surface area contributed by atoms with Crippen molar-refractivity contribution in [2.45, 2.75) is 51.5 Å². The van der Waals surface area contributed by atoms with Crippen LogP contribution in [0.3, 0.4) is 0 Å². The third-order valence-electron chi connectivity index (χ3n) is 3.71. The molecule has 1 saturated carbocycles. The van der Waals surface area contributed by atoms with Gasteiger partial charge in [0.2, 0.25) is 0 Å². The molecular weight excluding hydrogens is 260 g/mol. The molecule has 1 aromatic heterocycles. The number of amides is 1. The number of carbonyl (C=O) groups excluding carboxylic acids is 1. The Balaban J connectivity index is 2.15. The number of rotatable bonds is 5. The quantitative estimate of drug-likeness (QED) is 0.903. The number of aryl methyl sites for hydroxylation is 2. The number of aromatic nitrogens is 1. The molecule has 1 aliphatic rings. The summed E-state index contributed by atoms with van der Waals surface area (Å²) in [5.41, 5.74) is 0.736. The minimum absolute atomic E-state index is 0.0152. The molecule has 1 heterocycles. The van der Waals surface area contributed by atoms with E-state index in [9.17, 15) is 4.79 Å². The van der Waals surface area contributed by atoms with Gasteiger partial charge in [0.05, 0.1) is 22.8 Å². The maximum absolute atomic E-state index is 12.5. The molecule has 0 spiro atoms. The Hall–Kier alpha value is -0.940. The molecule has 1 aromatic rings. The first-order chi connectivity index (χ1) is 9.10. The Labute approximate surface area is 118 Å². The molecule has 0 atom stereocenters. The van der Waals surface area contributed by atoms with Gasteiger partial charge in [0.1, 0.15) is 4.88 Å². The normalized spacial score (nSPS) is 17.6. The average Bonchev–Trinajstić information content (AvgIpc) is 2.96. The summed E-state index contributed by atoms with van der Waals surface area (Å²) < 4.78 is 5.30. The van der Waals surface area contributed by atoms with Crippen LogP contribution in [0, 0.1) is 6.92 Å². The van der Waals surface area contributed by atoms with Crippen LogP contribution in [-0.4, -0.2) is 30.1 Å². The van der Waals surface area contributed by atoms with Gasteiger partial charge in [0.15, 0.2) is 0 Å². The minimum Gasteiger partial charge on any atom is -0.382 e. The fourth-order valence-electron chi connectivity index (χ4n) is 2.82. The smallest absolute Gasteiger partial charge is 0.263 e. The Morgan fingerprint density at radius 1 is 1.47 bits per heavy atom. The maximum atomic E-state index is 12.5. The van der Waals surface area contributed by atoms with E-state index in [-0.39, 0.29) is 11.4 Å². The molecule has 1 N–H and O–H groups in total. The van der Waals surface area contributed by atoms with Gasteiger partial charge >= 0.3 is 0 Å². The largest absolute Gasteiger partial charge is 0.382 e. The van der Waals surface area contributed by atoms with Gasteiger partial charge in [0.25, 0.3) is 5.91 Å². The molecule has 5 heteroatoms. The highest BCUT2D eigenvalue weighted by molar-refractivity contribution is 7.13. The summed E-state index contributed by atoms with van der Waals surface area (Å²) in [6, 6.07) is 0. The lowest BCUT2D eigenvalue weighted by Crippen LogP contribution is -2.49. The molecule has 1 amide bonds. The topological polar surface area (TPSA) is 51.2 Å². The molecule has 1 aliphatic carbocycles. The Morgan fingerprint density at radius 3 is 2.74 bits per heavy atom. The number of methoxy groups -OCH3 is 1. The summed E-state index contributed by atoms with van der Waals surface area (Å²) in [5, 5.41) is 4.16. The second-order valence-electron chi connectivity index (χ2n) is 5.24. The van der Waals surface area contributed by atoms with E-state index in [0.717, 1.165) is 47.7 Å². The van der Waals surface area contributed by atoms with E-state index in [0.29, 0.717) is 6.61 Å². The molecule has 0 aromatic carbocycles. The first-order valence-electron chi connectivity index (χ1n) is 6.88. The number of ether oxygens (including phenoxy) is 1. The SMILES string of the molecule is CCc1nc(C)sc1C(=O)NC1(COC)CCCC1. The predicted molar refractivity (Wildman–Crippen MR) is 76.8 cm³/mol. The lowest BCUT2D eigenvalue weighted by Gasteiger charge is -2.29. The van der Waals surface area contributed by atoms with Gasteiger partial charge in [-0.15, -0.1) is 11.3 Å². The van der Waals surface area contributed by atoms with Gasteiger partial charge in [-0.05, 0) is 26.2 Å². The van der Waals surface area contributed by atoms with Crippen molar-refractivity contribution >= 4 is 17.2 Å². The van der Waals surface area contributed by atoms with Gasteiger partial charge in [-0.3, -0.25) is 4.79 Å². The van der Waals surface area contributed by atoms with Crippen molar-refractivity contribution in [2.75, 3.05) is 13.7 Å². The van der Waals surface area contributed by atoms with Gasteiger partial charge in [-0.1, -0.05) is 19.8 Å². The maximum Gasteiger partial charge on any atom is 0.263 e. The third kappa shape index (κ3) is 3.15. The second kappa shape index (κ2) is 6.01. The van der Waals surface area contributed by atoms with Crippen LogP contribution in [0.4, 0.5) is 0 Å². The van der Waals surface area contributed by atoms with Gasteiger partial charge in [-0.25, -0.2) is 4.98 Å². The third-order valence-corrected chi connectivity index (χ3v) is 4.72. The van der Waals surface area contributed by atoms with E-state index in [2.05, 4.69) is 10.3 Å². The summed E-state index contributed by atoms with van der Waals surface area (Å²) >= 11 is 1.48. The summed E-state index contributed by atoms with van der Waals surface area (Å²) in [6.07, 6.45) is 5.13. The van der Waals surface area contributed by atoms with Crippen molar-refractivity contribution in [1.29, 1.82) is 0 Å². The fraction of sp³-hybridized carbons (Fsp3) is 0.714. The average molecular weight is 282 g/mol. The standard InChI is InChI=1S/C14H22N2O2S/c1-4-11-12(19-10(2)15-11)13(17)16-14(9-18-3)7-5-6-8-14/h4-9H2,1-3H3,(H,16,17). The van der Waals surface area contributed by atoms with Crippen molar-refractivity contribution in [3.63, 3.8) is 0 Å². The van der Waals surface area contributed by atoms with Gasteiger partial charge in [-0.2, -0.15) is 0 Å². The molecule has 0 radical (unpaired) electrons. The molecule has 0 aliphatic heterocycles. The number of hydrogen-bond donors (Lipinski definition) is 1. The van der Waals surface area contributed by atoms with Crippen molar-refractivity contribution in [1.82, 2.24) is 10.3 Å².